The Hall–Kier alpha value is -1.90. The summed E-state index contributed by atoms with van der Waals surface area (Å²) in [5.74, 6) is 0.814. The highest BCUT2D eigenvalue weighted by atomic mass is 16.1. The van der Waals surface area contributed by atoms with Gasteiger partial charge >= 0.3 is 0 Å². The van der Waals surface area contributed by atoms with Crippen LogP contribution < -0.4 is 5.56 Å². The Bertz CT molecular complexity index is 597. The first kappa shape index (κ1) is 10.3. The predicted octanol–water partition coefficient (Wildman–Crippen LogP) is 2.16. The van der Waals surface area contributed by atoms with Gasteiger partial charge in [-0.3, -0.25) is 4.79 Å². The Morgan fingerprint density at radius 3 is 2.53 bits per heavy atom. The first-order chi connectivity index (χ1) is 8.21. The van der Waals surface area contributed by atoms with Crippen LogP contribution >= 0.6 is 0 Å². The van der Waals surface area contributed by atoms with Crippen LogP contribution in [-0.4, -0.2) is 9.97 Å². The zero-order valence-electron chi connectivity index (χ0n) is 9.73. The zero-order chi connectivity index (χ0) is 11.9. The first-order valence-corrected chi connectivity index (χ1v) is 5.85. The van der Waals surface area contributed by atoms with Gasteiger partial charge in [0.15, 0.2) is 0 Å². The maximum Gasteiger partial charge on any atom is 0.251 e. The molecule has 1 aliphatic carbocycles. The minimum Gasteiger partial charge on any atom is -0.310 e. The lowest BCUT2D eigenvalue weighted by Gasteiger charge is -2.14. The van der Waals surface area contributed by atoms with E-state index < -0.39 is 0 Å². The number of aromatic nitrogens is 2. The smallest absolute Gasteiger partial charge is 0.251 e. The lowest BCUT2D eigenvalue weighted by atomic mass is 9.95. The SMILES string of the molecule is Cc1cc(=O)[nH]c(C2(c3ccccc3)CC2)n1. The van der Waals surface area contributed by atoms with Crippen LogP contribution in [0.2, 0.25) is 0 Å². The number of H-pyrrole nitrogens is 1. The molecule has 3 rings (SSSR count). The molecule has 0 amide bonds. The van der Waals surface area contributed by atoms with Gasteiger partial charge in [0.05, 0.1) is 5.41 Å². The van der Waals surface area contributed by atoms with Crippen molar-refractivity contribution < 1.29 is 0 Å². The van der Waals surface area contributed by atoms with Gasteiger partial charge in [-0.2, -0.15) is 0 Å². The number of rotatable bonds is 2. The molecule has 1 aliphatic rings. The van der Waals surface area contributed by atoms with E-state index in [1.54, 1.807) is 0 Å². The fourth-order valence-electron chi connectivity index (χ4n) is 2.35. The molecule has 0 aliphatic heterocycles. The molecule has 0 unspecified atom stereocenters. The Kier molecular flexibility index (Phi) is 2.15. The zero-order valence-corrected chi connectivity index (χ0v) is 9.73. The van der Waals surface area contributed by atoms with E-state index in [-0.39, 0.29) is 11.0 Å². The van der Waals surface area contributed by atoms with E-state index in [4.69, 9.17) is 0 Å². The van der Waals surface area contributed by atoms with Crippen LogP contribution in [0.1, 0.15) is 29.9 Å². The van der Waals surface area contributed by atoms with E-state index in [1.165, 1.54) is 11.6 Å². The molecule has 86 valence electrons. The van der Waals surface area contributed by atoms with Gasteiger partial charge in [0.1, 0.15) is 5.82 Å². The quantitative estimate of drug-likeness (QED) is 0.852. The molecule has 1 aromatic carbocycles. The minimum atomic E-state index is -0.0605. The molecule has 1 N–H and O–H groups in total. The van der Waals surface area contributed by atoms with E-state index in [0.717, 1.165) is 24.4 Å². The van der Waals surface area contributed by atoms with Crippen LogP contribution in [-0.2, 0) is 5.41 Å². The van der Waals surface area contributed by atoms with Gasteiger partial charge in [-0.1, -0.05) is 30.3 Å². The van der Waals surface area contributed by atoms with E-state index >= 15 is 0 Å². The summed E-state index contributed by atoms with van der Waals surface area (Å²) in [6.45, 7) is 1.86. The summed E-state index contributed by atoms with van der Waals surface area (Å²) in [6, 6.07) is 11.8. The number of nitrogens with zero attached hydrogens (tertiary/aromatic N) is 1. The second kappa shape index (κ2) is 3.55. The molecule has 0 atom stereocenters. The molecule has 0 radical (unpaired) electrons. The Labute approximate surface area is 99.5 Å². The highest BCUT2D eigenvalue weighted by Crippen LogP contribution is 2.51. The third kappa shape index (κ3) is 1.68. The fraction of sp³-hybridized carbons (Fsp3) is 0.286. The number of hydrogen-bond acceptors (Lipinski definition) is 2. The average Bonchev–Trinajstić information content (AvgIpc) is 3.10. The summed E-state index contributed by atoms with van der Waals surface area (Å²) in [7, 11) is 0. The summed E-state index contributed by atoms with van der Waals surface area (Å²) in [4.78, 5) is 18.9. The molecule has 2 aromatic rings. The van der Waals surface area contributed by atoms with Crippen LogP contribution in [0.5, 0.6) is 0 Å². The van der Waals surface area contributed by atoms with Crippen LogP contribution in [0.15, 0.2) is 41.2 Å². The summed E-state index contributed by atoms with van der Waals surface area (Å²) >= 11 is 0. The van der Waals surface area contributed by atoms with Crippen molar-refractivity contribution >= 4 is 0 Å². The van der Waals surface area contributed by atoms with E-state index in [1.807, 2.05) is 25.1 Å². The molecular formula is C14H14N2O. The van der Waals surface area contributed by atoms with E-state index in [2.05, 4.69) is 22.1 Å². The van der Waals surface area contributed by atoms with Gasteiger partial charge in [-0.15, -0.1) is 0 Å². The summed E-state index contributed by atoms with van der Waals surface area (Å²) in [5, 5.41) is 0. The molecule has 3 heteroatoms. The van der Waals surface area contributed by atoms with Crippen LogP contribution in [0.4, 0.5) is 0 Å². The monoisotopic (exact) mass is 226 g/mol. The second-order valence-electron chi connectivity index (χ2n) is 4.68. The van der Waals surface area contributed by atoms with Gasteiger partial charge in [-0.25, -0.2) is 4.98 Å². The molecule has 1 fully saturated rings. The summed E-state index contributed by atoms with van der Waals surface area (Å²) in [6.07, 6.45) is 2.12. The Balaban J connectivity index is 2.12. The first-order valence-electron chi connectivity index (χ1n) is 5.85. The highest BCUT2D eigenvalue weighted by Gasteiger charge is 2.48. The van der Waals surface area contributed by atoms with Crippen LogP contribution in [0.3, 0.4) is 0 Å². The fourth-order valence-corrected chi connectivity index (χ4v) is 2.35. The lowest BCUT2D eigenvalue weighted by molar-refractivity contribution is 0.740. The molecule has 0 bridgehead atoms. The van der Waals surface area contributed by atoms with Crippen LogP contribution in [0, 0.1) is 6.92 Å². The van der Waals surface area contributed by atoms with Gasteiger partial charge in [0.25, 0.3) is 5.56 Å². The third-order valence-electron chi connectivity index (χ3n) is 3.40. The predicted molar refractivity (Wildman–Crippen MR) is 66.1 cm³/mol. The summed E-state index contributed by atoms with van der Waals surface area (Å²) < 4.78 is 0. The number of benzene rings is 1. The molecule has 1 saturated carbocycles. The van der Waals surface area contributed by atoms with Gasteiger partial charge in [0.2, 0.25) is 0 Å². The normalized spacial score (nSPS) is 16.8. The number of aryl methyl sites for hydroxylation is 1. The lowest BCUT2D eigenvalue weighted by Crippen LogP contribution is -2.20. The van der Waals surface area contributed by atoms with Crippen molar-refractivity contribution in [3.8, 4) is 0 Å². The topological polar surface area (TPSA) is 45.8 Å². The van der Waals surface area contributed by atoms with Crippen molar-refractivity contribution in [1.82, 2.24) is 9.97 Å². The average molecular weight is 226 g/mol. The standard InChI is InChI=1S/C14H14N2O/c1-10-9-12(17)16-13(15-10)14(7-8-14)11-5-3-2-4-6-11/h2-6,9H,7-8H2,1H3,(H,15,16,17). The molecule has 1 heterocycles. The molecular weight excluding hydrogens is 212 g/mol. The Morgan fingerprint density at radius 2 is 1.94 bits per heavy atom. The maximum absolute atomic E-state index is 11.5. The van der Waals surface area contributed by atoms with Crippen molar-refractivity contribution in [3.63, 3.8) is 0 Å². The number of nitrogens with one attached hydrogen (secondary N) is 1. The van der Waals surface area contributed by atoms with E-state index in [9.17, 15) is 4.79 Å². The van der Waals surface area contributed by atoms with E-state index in [0.29, 0.717) is 0 Å². The molecule has 1 aromatic heterocycles. The largest absolute Gasteiger partial charge is 0.310 e. The minimum absolute atomic E-state index is 0.0492. The van der Waals surface area contributed by atoms with Crippen molar-refractivity contribution in [1.29, 1.82) is 0 Å². The summed E-state index contributed by atoms with van der Waals surface area (Å²) in [5.41, 5.74) is 1.92. The number of aromatic amines is 1. The van der Waals surface area contributed by atoms with Gasteiger partial charge < -0.3 is 4.98 Å². The maximum atomic E-state index is 11.5. The van der Waals surface area contributed by atoms with Crippen LogP contribution in [0.25, 0.3) is 0 Å². The van der Waals surface area contributed by atoms with Gasteiger partial charge in [-0.05, 0) is 25.3 Å². The van der Waals surface area contributed by atoms with Crippen molar-refractivity contribution in [3.05, 3.63) is 63.8 Å². The molecule has 0 saturated heterocycles. The van der Waals surface area contributed by atoms with Gasteiger partial charge in [0, 0.05) is 11.8 Å². The molecule has 0 spiro atoms. The molecule has 17 heavy (non-hydrogen) atoms. The van der Waals surface area contributed by atoms with Crippen molar-refractivity contribution in [2.45, 2.75) is 25.2 Å². The van der Waals surface area contributed by atoms with Crippen molar-refractivity contribution in [2.24, 2.45) is 0 Å². The highest BCUT2D eigenvalue weighted by molar-refractivity contribution is 5.39. The number of hydrogen-bond donors (Lipinski definition) is 1. The third-order valence-corrected chi connectivity index (χ3v) is 3.40. The molecule has 3 nitrogen and oxygen atoms in total. The Morgan fingerprint density at radius 1 is 1.24 bits per heavy atom. The second-order valence-corrected chi connectivity index (χ2v) is 4.68. The van der Waals surface area contributed by atoms with Crippen molar-refractivity contribution in [2.75, 3.05) is 0 Å².